The first-order valence-electron chi connectivity index (χ1n) is 8.77. The lowest BCUT2D eigenvalue weighted by Crippen LogP contribution is -3.13. The first-order valence-corrected chi connectivity index (χ1v) is 8.77. The molecule has 0 unspecified atom stereocenters. The highest BCUT2D eigenvalue weighted by Gasteiger charge is 2.19. The maximum Gasteiger partial charge on any atom is 0.158 e. The number of rotatable bonds is 4. The van der Waals surface area contributed by atoms with E-state index in [0.29, 0.717) is 0 Å². The number of hydrogen-bond acceptors (Lipinski definition) is 3. The van der Waals surface area contributed by atoms with Crippen LogP contribution in [0.15, 0.2) is 42.5 Å². The number of nitrogens with zero attached hydrogens (tertiary/aromatic N) is 2. The Bertz CT molecular complexity index is 871. The van der Waals surface area contributed by atoms with Gasteiger partial charge in [0.2, 0.25) is 0 Å². The minimum Gasteiger partial charge on any atom is -1.00 e. The van der Waals surface area contributed by atoms with E-state index in [-0.39, 0.29) is 12.4 Å². The molecule has 0 atom stereocenters. The number of morpholine rings is 1. The lowest BCUT2D eigenvalue weighted by Gasteiger charge is -2.25. The molecule has 0 aliphatic carbocycles. The van der Waals surface area contributed by atoms with E-state index in [2.05, 4.69) is 41.8 Å². The summed E-state index contributed by atoms with van der Waals surface area (Å²) < 4.78 is 13.1. The van der Waals surface area contributed by atoms with Crippen LogP contribution in [0.3, 0.4) is 0 Å². The van der Waals surface area contributed by atoms with Crippen molar-refractivity contribution in [1.82, 2.24) is 9.55 Å². The zero-order valence-electron chi connectivity index (χ0n) is 15.2. The normalized spacial score (nSPS) is 15.0. The molecule has 1 N–H and O–H groups in total. The van der Waals surface area contributed by atoms with E-state index in [9.17, 15) is 0 Å². The molecule has 5 nitrogen and oxygen atoms in total. The van der Waals surface area contributed by atoms with Crippen LogP contribution in [0, 0.1) is 6.92 Å². The molecule has 0 bridgehead atoms. The number of halogens is 1. The van der Waals surface area contributed by atoms with Gasteiger partial charge in [-0.05, 0) is 48.9 Å². The molecule has 2 heterocycles. The summed E-state index contributed by atoms with van der Waals surface area (Å²) in [6.45, 7) is 6.75. The number of methoxy groups -OCH3 is 1. The van der Waals surface area contributed by atoms with Gasteiger partial charge in [-0.25, -0.2) is 4.98 Å². The number of benzene rings is 2. The van der Waals surface area contributed by atoms with Crippen molar-refractivity contribution in [2.75, 3.05) is 33.4 Å². The quantitative estimate of drug-likeness (QED) is 0.631. The van der Waals surface area contributed by atoms with E-state index in [1.165, 1.54) is 16.0 Å². The van der Waals surface area contributed by atoms with Gasteiger partial charge in [-0.3, -0.25) is 4.57 Å². The minimum absolute atomic E-state index is 0. The Morgan fingerprint density at radius 3 is 2.54 bits per heavy atom. The highest BCUT2D eigenvalue weighted by atomic mass is 35.5. The summed E-state index contributed by atoms with van der Waals surface area (Å²) >= 11 is 0. The zero-order valence-corrected chi connectivity index (χ0v) is 15.9. The molecule has 0 radical (unpaired) electrons. The summed E-state index contributed by atoms with van der Waals surface area (Å²) in [5, 5.41) is 0. The molecule has 0 saturated carbocycles. The Kier molecular flexibility index (Phi) is 5.81. The molecule has 1 aromatic heterocycles. The number of fused-ring (bicyclic) bond motifs is 1. The monoisotopic (exact) mass is 373 g/mol. The number of hydrogen-bond donors (Lipinski definition) is 1. The van der Waals surface area contributed by atoms with E-state index in [4.69, 9.17) is 14.5 Å². The SMILES string of the molecule is COc1ccc(-c2nc3cc(C)ccc3n2C[NH+]2CCOCC2)cc1.[Cl-]. The highest BCUT2D eigenvalue weighted by molar-refractivity contribution is 5.81. The average molecular weight is 374 g/mol. The summed E-state index contributed by atoms with van der Waals surface area (Å²) in [6, 6.07) is 14.7. The van der Waals surface area contributed by atoms with Crippen molar-refractivity contribution >= 4 is 11.0 Å². The fraction of sp³-hybridized carbons (Fsp3) is 0.350. The number of aromatic nitrogens is 2. The van der Waals surface area contributed by atoms with Crippen LogP contribution in [-0.2, 0) is 11.4 Å². The standard InChI is InChI=1S/C20H23N3O2.ClH/c1-15-3-8-19-18(13-15)21-20(16-4-6-17(24-2)7-5-16)23(19)14-22-9-11-25-12-10-22;/h3-8,13H,9-12,14H2,1-2H3;1H. The summed E-state index contributed by atoms with van der Waals surface area (Å²) in [6.07, 6.45) is 0. The molecule has 6 heteroatoms. The lowest BCUT2D eigenvalue weighted by atomic mass is 10.2. The predicted molar refractivity (Wildman–Crippen MR) is 98.0 cm³/mol. The molecule has 1 fully saturated rings. The number of nitrogens with one attached hydrogen (secondary N) is 1. The van der Waals surface area contributed by atoms with Crippen molar-refractivity contribution in [2.45, 2.75) is 13.6 Å². The fourth-order valence-corrected chi connectivity index (χ4v) is 3.40. The molecule has 1 saturated heterocycles. The predicted octanol–water partition coefficient (Wildman–Crippen LogP) is -1.10. The van der Waals surface area contributed by atoms with Gasteiger partial charge in [0.05, 0.1) is 31.4 Å². The van der Waals surface area contributed by atoms with Crippen molar-refractivity contribution < 1.29 is 26.8 Å². The Hall–Kier alpha value is -2.08. The largest absolute Gasteiger partial charge is 1.00 e. The highest BCUT2D eigenvalue weighted by Crippen LogP contribution is 2.26. The Morgan fingerprint density at radius 2 is 1.85 bits per heavy atom. The van der Waals surface area contributed by atoms with Crippen molar-refractivity contribution in [3.05, 3.63) is 48.0 Å². The molecule has 3 aromatic rings. The molecular weight excluding hydrogens is 350 g/mol. The van der Waals surface area contributed by atoms with Crippen molar-refractivity contribution in [3.63, 3.8) is 0 Å². The van der Waals surface area contributed by atoms with Gasteiger partial charge in [-0.2, -0.15) is 0 Å². The lowest BCUT2D eigenvalue weighted by molar-refractivity contribution is -0.929. The molecule has 138 valence electrons. The molecule has 0 amide bonds. The second kappa shape index (κ2) is 8.08. The zero-order chi connectivity index (χ0) is 17.2. The van der Waals surface area contributed by atoms with Crippen LogP contribution in [0.2, 0.25) is 0 Å². The van der Waals surface area contributed by atoms with Gasteiger partial charge >= 0.3 is 0 Å². The van der Waals surface area contributed by atoms with E-state index >= 15 is 0 Å². The minimum atomic E-state index is 0. The van der Waals surface area contributed by atoms with Crippen LogP contribution < -0.4 is 22.0 Å². The van der Waals surface area contributed by atoms with Crippen molar-refractivity contribution in [1.29, 1.82) is 0 Å². The van der Waals surface area contributed by atoms with E-state index < -0.39 is 0 Å². The van der Waals surface area contributed by atoms with Gasteiger partial charge in [0, 0.05) is 5.56 Å². The van der Waals surface area contributed by atoms with Crippen LogP contribution in [0.5, 0.6) is 5.75 Å². The molecule has 1 aliphatic rings. The van der Waals surface area contributed by atoms with Gasteiger partial charge in [-0.1, -0.05) is 6.07 Å². The van der Waals surface area contributed by atoms with Gasteiger partial charge < -0.3 is 26.8 Å². The third-order valence-corrected chi connectivity index (χ3v) is 4.83. The maximum absolute atomic E-state index is 5.50. The van der Waals surface area contributed by atoms with Gasteiger partial charge in [0.1, 0.15) is 24.7 Å². The second-order valence-electron chi connectivity index (χ2n) is 6.60. The van der Waals surface area contributed by atoms with Gasteiger partial charge in [0.15, 0.2) is 6.67 Å². The number of aryl methyl sites for hydroxylation is 1. The van der Waals surface area contributed by atoms with E-state index in [1.54, 1.807) is 7.11 Å². The van der Waals surface area contributed by atoms with Crippen LogP contribution in [-0.4, -0.2) is 43.0 Å². The van der Waals surface area contributed by atoms with Gasteiger partial charge in [-0.15, -0.1) is 0 Å². The summed E-state index contributed by atoms with van der Waals surface area (Å²) in [7, 11) is 1.69. The first-order chi connectivity index (χ1) is 12.2. The summed E-state index contributed by atoms with van der Waals surface area (Å²) in [4.78, 5) is 6.47. The third-order valence-electron chi connectivity index (χ3n) is 4.83. The molecule has 2 aromatic carbocycles. The number of ether oxygens (including phenoxy) is 2. The topological polar surface area (TPSA) is 40.7 Å². The smallest absolute Gasteiger partial charge is 0.158 e. The van der Waals surface area contributed by atoms with E-state index in [1.807, 2.05) is 12.1 Å². The van der Waals surface area contributed by atoms with Crippen LogP contribution >= 0.6 is 0 Å². The maximum atomic E-state index is 5.50. The van der Waals surface area contributed by atoms with Gasteiger partial charge in [0.25, 0.3) is 0 Å². The average Bonchev–Trinajstić information content (AvgIpc) is 3.00. The Labute approximate surface area is 159 Å². The fourth-order valence-electron chi connectivity index (χ4n) is 3.40. The van der Waals surface area contributed by atoms with E-state index in [0.717, 1.165) is 55.6 Å². The summed E-state index contributed by atoms with van der Waals surface area (Å²) in [5.41, 5.74) is 4.59. The van der Waals surface area contributed by atoms with Crippen molar-refractivity contribution in [2.24, 2.45) is 0 Å². The molecule has 4 rings (SSSR count). The van der Waals surface area contributed by atoms with Crippen LogP contribution in [0.4, 0.5) is 0 Å². The van der Waals surface area contributed by atoms with Crippen molar-refractivity contribution in [3.8, 4) is 17.1 Å². The van der Waals surface area contributed by atoms with Crippen LogP contribution in [0.25, 0.3) is 22.4 Å². The molecular formula is C20H24ClN3O2. The Balaban J connectivity index is 0.00000196. The third kappa shape index (κ3) is 3.70. The number of imidazole rings is 1. The molecule has 0 spiro atoms. The first kappa shape index (κ1) is 18.7. The Morgan fingerprint density at radius 1 is 1.12 bits per heavy atom. The second-order valence-corrected chi connectivity index (χ2v) is 6.60. The molecule has 26 heavy (non-hydrogen) atoms. The molecule has 1 aliphatic heterocycles. The van der Waals surface area contributed by atoms with Crippen LogP contribution in [0.1, 0.15) is 5.56 Å². The number of quaternary nitrogens is 1. The summed E-state index contributed by atoms with van der Waals surface area (Å²) in [5.74, 6) is 1.88.